The van der Waals surface area contributed by atoms with Crippen LogP contribution >= 0.6 is 34.8 Å². The third-order valence-electron chi connectivity index (χ3n) is 4.35. The van der Waals surface area contributed by atoms with Crippen LogP contribution in [0.3, 0.4) is 0 Å². The highest BCUT2D eigenvalue weighted by Gasteiger charge is 2.58. The maximum absolute atomic E-state index is 13.0. The van der Waals surface area contributed by atoms with Crippen molar-refractivity contribution < 1.29 is 14.4 Å². The first-order valence-corrected chi connectivity index (χ1v) is 8.86. The summed E-state index contributed by atoms with van der Waals surface area (Å²) in [5, 5.41) is 5.30. The number of hydrogen-bond acceptors (Lipinski definition) is 4. The fraction of sp³-hybridized carbons (Fsp3) is 0.167. The normalized spacial score (nSPS) is 22.1. The summed E-state index contributed by atoms with van der Waals surface area (Å²) in [5.74, 6) is -0.866. The predicted octanol–water partition coefficient (Wildman–Crippen LogP) is 4.47. The van der Waals surface area contributed by atoms with Gasteiger partial charge in [0.1, 0.15) is 0 Å². The molecule has 1 spiro atoms. The molecule has 2 amide bonds. The number of nitrogens with zero attached hydrogens (tertiary/aromatic N) is 2. The number of oxime groups is 1. The Morgan fingerprint density at radius 2 is 1.58 bits per heavy atom. The molecule has 8 heteroatoms. The zero-order valence-electron chi connectivity index (χ0n) is 13.2. The average molecular weight is 410 g/mol. The van der Waals surface area contributed by atoms with Gasteiger partial charge >= 0.3 is 0 Å². The fourth-order valence-corrected chi connectivity index (χ4v) is 3.77. The van der Waals surface area contributed by atoms with E-state index in [0.29, 0.717) is 26.5 Å². The summed E-state index contributed by atoms with van der Waals surface area (Å²) < 4.78 is 0. The number of rotatable bonds is 2. The van der Waals surface area contributed by atoms with Gasteiger partial charge in [-0.25, -0.2) is 4.90 Å². The van der Waals surface area contributed by atoms with Crippen molar-refractivity contribution in [3.63, 3.8) is 0 Å². The van der Waals surface area contributed by atoms with Crippen LogP contribution in [0.15, 0.2) is 47.6 Å². The number of carbonyl (C=O) groups excluding carboxylic acids is 2. The molecular formula is C18H11Cl3N2O3. The lowest BCUT2D eigenvalue weighted by Gasteiger charge is -2.19. The second-order valence-corrected chi connectivity index (χ2v) is 7.46. The lowest BCUT2D eigenvalue weighted by Crippen LogP contribution is -2.40. The number of hydrogen-bond donors (Lipinski definition) is 0. The first-order chi connectivity index (χ1) is 12.4. The quantitative estimate of drug-likeness (QED) is 0.687. The molecule has 0 aromatic heterocycles. The molecule has 2 aliphatic heterocycles. The minimum absolute atomic E-state index is 0.101. The molecule has 1 fully saturated rings. The largest absolute Gasteiger partial charge is 0.378 e. The third kappa shape index (κ3) is 2.86. The minimum Gasteiger partial charge on any atom is -0.378 e. The van der Waals surface area contributed by atoms with Crippen molar-refractivity contribution in [3.05, 3.63) is 63.1 Å². The molecule has 26 heavy (non-hydrogen) atoms. The van der Waals surface area contributed by atoms with Crippen LogP contribution in [0.1, 0.15) is 18.4 Å². The van der Waals surface area contributed by atoms with E-state index in [-0.39, 0.29) is 18.7 Å². The van der Waals surface area contributed by atoms with Crippen LogP contribution < -0.4 is 4.90 Å². The van der Waals surface area contributed by atoms with Crippen molar-refractivity contribution in [1.82, 2.24) is 0 Å². The van der Waals surface area contributed by atoms with Crippen LogP contribution in [0.4, 0.5) is 5.69 Å². The first-order valence-electron chi connectivity index (χ1n) is 7.72. The molecular weight excluding hydrogens is 399 g/mol. The van der Waals surface area contributed by atoms with Crippen LogP contribution in [0.5, 0.6) is 0 Å². The number of anilines is 1. The number of imide groups is 1. The summed E-state index contributed by atoms with van der Waals surface area (Å²) >= 11 is 17.9. The molecule has 2 heterocycles. The highest BCUT2D eigenvalue weighted by Crippen LogP contribution is 2.40. The lowest BCUT2D eigenvalue weighted by atomic mass is 9.92. The summed E-state index contributed by atoms with van der Waals surface area (Å²) in [4.78, 5) is 32.0. The molecule has 0 N–H and O–H groups in total. The summed E-state index contributed by atoms with van der Waals surface area (Å²) in [6.07, 6.45) is 0.0978. The minimum atomic E-state index is -1.33. The molecule has 2 aliphatic rings. The Hall–Kier alpha value is -2.08. The molecule has 0 radical (unpaired) electrons. The summed E-state index contributed by atoms with van der Waals surface area (Å²) in [7, 11) is 0. The Kier molecular flexibility index (Phi) is 4.18. The molecule has 2 aromatic carbocycles. The maximum atomic E-state index is 13.0. The van der Waals surface area contributed by atoms with Crippen LogP contribution in [0, 0.1) is 0 Å². The molecule has 0 bridgehead atoms. The van der Waals surface area contributed by atoms with Gasteiger partial charge in [-0.3, -0.25) is 9.59 Å². The van der Waals surface area contributed by atoms with Gasteiger partial charge in [-0.15, -0.1) is 0 Å². The Morgan fingerprint density at radius 3 is 2.23 bits per heavy atom. The van der Waals surface area contributed by atoms with Crippen molar-refractivity contribution in [2.45, 2.75) is 18.4 Å². The standard InChI is InChI=1S/C18H11Cl3N2O3/c19-11-3-1-10(2-4-11)15-8-18(26-22-15)9-16(24)23(17(18)25)14-6-12(20)5-13(21)7-14/h1-7H,8-9H2. The molecule has 0 saturated carbocycles. The van der Waals surface area contributed by atoms with Gasteiger partial charge in [0.2, 0.25) is 11.5 Å². The topological polar surface area (TPSA) is 59.0 Å². The van der Waals surface area contributed by atoms with Crippen molar-refractivity contribution in [1.29, 1.82) is 0 Å². The van der Waals surface area contributed by atoms with E-state index < -0.39 is 11.5 Å². The van der Waals surface area contributed by atoms with Crippen LogP contribution in [0.25, 0.3) is 0 Å². The van der Waals surface area contributed by atoms with E-state index in [1.165, 1.54) is 18.2 Å². The third-order valence-corrected chi connectivity index (χ3v) is 5.03. The van der Waals surface area contributed by atoms with Crippen LogP contribution in [0.2, 0.25) is 15.1 Å². The van der Waals surface area contributed by atoms with Gasteiger partial charge < -0.3 is 4.84 Å². The van der Waals surface area contributed by atoms with Gasteiger partial charge in [-0.05, 0) is 35.9 Å². The van der Waals surface area contributed by atoms with E-state index in [1.807, 2.05) is 0 Å². The predicted molar refractivity (Wildman–Crippen MR) is 100.0 cm³/mol. The van der Waals surface area contributed by atoms with Gasteiger partial charge in [0.25, 0.3) is 5.91 Å². The zero-order valence-corrected chi connectivity index (χ0v) is 15.5. The van der Waals surface area contributed by atoms with Crippen molar-refractivity contribution in [3.8, 4) is 0 Å². The molecule has 1 atom stereocenters. The number of benzene rings is 2. The molecule has 2 aromatic rings. The molecule has 0 aliphatic carbocycles. The smallest absolute Gasteiger partial charge is 0.281 e. The summed E-state index contributed by atoms with van der Waals surface area (Å²) in [5.41, 5.74) is 0.364. The van der Waals surface area contributed by atoms with E-state index in [2.05, 4.69) is 5.16 Å². The Balaban J connectivity index is 1.63. The summed E-state index contributed by atoms with van der Waals surface area (Å²) in [6.45, 7) is 0. The second kappa shape index (κ2) is 6.27. The van der Waals surface area contributed by atoms with Crippen LogP contribution in [-0.4, -0.2) is 23.1 Å². The van der Waals surface area contributed by atoms with Crippen molar-refractivity contribution >= 4 is 58.0 Å². The average Bonchev–Trinajstić information content (AvgIpc) is 3.09. The monoisotopic (exact) mass is 408 g/mol. The first kappa shape index (κ1) is 17.3. The second-order valence-electron chi connectivity index (χ2n) is 6.15. The lowest BCUT2D eigenvalue weighted by molar-refractivity contribution is -0.136. The Labute approximate surface area is 164 Å². The zero-order chi connectivity index (χ0) is 18.5. The van der Waals surface area contributed by atoms with E-state index in [4.69, 9.17) is 39.6 Å². The number of halogens is 3. The van der Waals surface area contributed by atoms with E-state index in [0.717, 1.165) is 10.5 Å². The summed E-state index contributed by atoms with van der Waals surface area (Å²) in [6, 6.07) is 11.6. The van der Waals surface area contributed by atoms with Gasteiger partial charge in [0, 0.05) is 21.5 Å². The molecule has 132 valence electrons. The van der Waals surface area contributed by atoms with Gasteiger partial charge in [0.15, 0.2) is 0 Å². The molecule has 5 nitrogen and oxygen atoms in total. The number of carbonyl (C=O) groups is 2. The van der Waals surface area contributed by atoms with Crippen molar-refractivity contribution in [2.24, 2.45) is 5.16 Å². The molecule has 1 unspecified atom stereocenters. The molecule has 1 saturated heterocycles. The van der Waals surface area contributed by atoms with Gasteiger partial charge in [-0.2, -0.15) is 0 Å². The number of amides is 2. The van der Waals surface area contributed by atoms with Gasteiger partial charge in [0.05, 0.1) is 17.8 Å². The highest BCUT2D eigenvalue weighted by molar-refractivity contribution is 6.36. The molecule has 4 rings (SSSR count). The fourth-order valence-electron chi connectivity index (χ4n) is 3.13. The Bertz CT molecular complexity index is 938. The van der Waals surface area contributed by atoms with Crippen molar-refractivity contribution in [2.75, 3.05) is 4.90 Å². The van der Waals surface area contributed by atoms with E-state index in [1.54, 1.807) is 24.3 Å². The highest BCUT2D eigenvalue weighted by atomic mass is 35.5. The Morgan fingerprint density at radius 1 is 0.923 bits per heavy atom. The van der Waals surface area contributed by atoms with E-state index in [9.17, 15) is 9.59 Å². The maximum Gasteiger partial charge on any atom is 0.281 e. The van der Waals surface area contributed by atoms with Crippen LogP contribution in [-0.2, 0) is 14.4 Å². The SMILES string of the molecule is O=C1CC2(CC(c3ccc(Cl)cc3)=NO2)C(=O)N1c1cc(Cl)cc(Cl)c1. The van der Waals surface area contributed by atoms with E-state index >= 15 is 0 Å². The van der Waals surface area contributed by atoms with Gasteiger partial charge in [-0.1, -0.05) is 52.1 Å².